The van der Waals surface area contributed by atoms with Crippen LogP contribution in [0.15, 0.2) is 82.6 Å². The third kappa shape index (κ3) is 4.42. The van der Waals surface area contributed by atoms with Crippen LogP contribution in [-0.2, 0) is 10.8 Å². The molecule has 2 aromatic carbocycles. The fourth-order valence-corrected chi connectivity index (χ4v) is 3.22. The molecule has 25 heavy (non-hydrogen) atoms. The van der Waals surface area contributed by atoms with Crippen LogP contribution in [-0.4, -0.2) is 21.1 Å². The maximum Gasteiger partial charge on any atom is 0.258 e. The molecule has 1 aromatic heterocycles. The van der Waals surface area contributed by atoms with Gasteiger partial charge in [-0.1, -0.05) is 18.2 Å². The van der Waals surface area contributed by atoms with Gasteiger partial charge < -0.3 is 4.74 Å². The van der Waals surface area contributed by atoms with Gasteiger partial charge in [0.15, 0.2) is 0 Å². The lowest BCUT2D eigenvalue weighted by Gasteiger charge is -2.09. The van der Waals surface area contributed by atoms with E-state index in [4.69, 9.17) is 4.74 Å². The molecule has 3 aromatic rings. The van der Waals surface area contributed by atoms with E-state index in [1.807, 2.05) is 18.2 Å². The smallest absolute Gasteiger partial charge is 0.258 e. The number of nitrogens with zero attached hydrogens (tertiary/aromatic N) is 1. The van der Waals surface area contributed by atoms with Gasteiger partial charge in [0, 0.05) is 22.8 Å². The summed E-state index contributed by atoms with van der Waals surface area (Å²) in [4.78, 5) is 12.9. The lowest BCUT2D eigenvalue weighted by molar-refractivity contribution is 0.341. The molecule has 1 heterocycles. The fraction of sp³-hybridized carbons (Fsp3) is 0.105. The highest BCUT2D eigenvalue weighted by Gasteiger charge is 2.05. The number of hydrogen-bond donors (Lipinski definition) is 0. The number of rotatable bonds is 6. The van der Waals surface area contributed by atoms with Crippen molar-refractivity contribution in [3.63, 3.8) is 0 Å². The Hall–Kier alpha value is -2.73. The minimum absolute atomic E-state index is 0.238. The summed E-state index contributed by atoms with van der Waals surface area (Å²) in [5.41, 5.74) is 0.288. The molecule has 0 amide bonds. The molecule has 0 fully saturated rings. The molecule has 6 heteroatoms. The van der Waals surface area contributed by atoms with Crippen LogP contribution in [0.25, 0.3) is 5.69 Å². The zero-order valence-electron chi connectivity index (χ0n) is 13.3. The van der Waals surface area contributed by atoms with Crippen molar-refractivity contribution < 1.29 is 13.3 Å². The molecule has 0 radical (unpaired) electrons. The molecule has 3 rings (SSSR count). The highest BCUT2D eigenvalue weighted by Crippen LogP contribution is 2.11. The van der Waals surface area contributed by atoms with Crippen LogP contribution in [0, 0.1) is 5.82 Å². The highest BCUT2D eigenvalue weighted by molar-refractivity contribution is 7.85. The van der Waals surface area contributed by atoms with Crippen molar-refractivity contribution >= 4 is 10.8 Å². The van der Waals surface area contributed by atoms with Crippen molar-refractivity contribution in [2.24, 2.45) is 0 Å². The van der Waals surface area contributed by atoms with Crippen LogP contribution in [0.1, 0.15) is 0 Å². The number of aromatic nitrogens is 1. The van der Waals surface area contributed by atoms with Gasteiger partial charge >= 0.3 is 0 Å². The first kappa shape index (κ1) is 17.1. The van der Waals surface area contributed by atoms with E-state index < -0.39 is 10.8 Å². The second kappa shape index (κ2) is 7.90. The van der Waals surface area contributed by atoms with Gasteiger partial charge in [-0.15, -0.1) is 0 Å². The first-order chi connectivity index (χ1) is 12.1. The Labute approximate surface area is 147 Å². The molecule has 128 valence electrons. The first-order valence-electron chi connectivity index (χ1n) is 7.68. The molecule has 0 aliphatic rings. The predicted molar refractivity (Wildman–Crippen MR) is 95.2 cm³/mol. The second-order valence-electron chi connectivity index (χ2n) is 5.26. The summed E-state index contributed by atoms with van der Waals surface area (Å²) >= 11 is 0. The van der Waals surface area contributed by atoms with E-state index in [2.05, 4.69) is 0 Å². The van der Waals surface area contributed by atoms with E-state index in [9.17, 15) is 13.4 Å². The van der Waals surface area contributed by atoms with Crippen LogP contribution in [0.4, 0.5) is 4.39 Å². The number of halogens is 1. The number of hydrogen-bond acceptors (Lipinski definition) is 3. The second-order valence-corrected chi connectivity index (χ2v) is 6.83. The minimum atomic E-state index is -1.14. The largest absolute Gasteiger partial charge is 0.492 e. The van der Waals surface area contributed by atoms with E-state index in [0.717, 1.165) is 4.90 Å². The normalized spacial score (nSPS) is 11.9. The van der Waals surface area contributed by atoms with E-state index >= 15 is 0 Å². The van der Waals surface area contributed by atoms with Crippen molar-refractivity contribution in [3.05, 3.63) is 89.1 Å². The van der Waals surface area contributed by atoms with E-state index in [0.29, 0.717) is 17.2 Å². The molecule has 1 atom stereocenters. The fourth-order valence-electron chi connectivity index (χ4n) is 2.29. The van der Waals surface area contributed by atoms with Gasteiger partial charge in [-0.2, -0.15) is 0 Å². The molecule has 0 N–H and O–H groups in total. The summed E-state index contributed by atoms with van der Waals surface area (Å²) in [6.45, 7) is 0.238. The standard InChI is InChI=1S/C19H16FNO3S/c20-15-6-8-16(9-7-15)21-11-10-17(14-19(21)22)24-12-13-25(23)18-4-2-1-3-5-18/h1-11,14H,12-13H2. The lowest BCUT2D eigenvalue weighted by Crippen LogP contribution is -2.17. The Kier molecular flexibility index (Phi) is 5.40. The maximum atomic E-state index is 13.0. The summed E-state index contributed by atoms with van der Waals surface area (Å²) in [5.74, 6) is 0.391. The van der Waals surface area contributed by atoms with Gasteiger partial charge in [-0.05, 0) is 42.5 Å². The molecule has 0 saturated carbocycles. The van der Waals surface area contributed by atoms with Gasteiger partial charge in [0.1, 0.15) is 18.2 Å². The van der Waals surface area contributed by atoms with Gasteiger partial charge in [0.05, 0.1) is 16.6 Å². The summed E-state index contributed by atoms with van der Waals surface area (Å²) in [5, 5.41) is 0. The van der Waals surface area contributed by atoms with Crippen molar-refractivity contribution in [2.75, 3.05) is 12.4 Å². The van der Waals surface area contributed by atoms with Crippen LogP contribution in [0.5, 0.6) is 5.75 Å². The Morgan fingerprint density at radius 2 is 1.72 bits per heavy atom. The molecule has 0 aliphatic heterocycles. The Bertz CT molecular complexity index is 923. The monoisotopic (exact) mass is 357 g/mol. The average Bonchev–Trinajstić information content (AvgIpc) is 2.63. The van der Waals surface area contributed by atoms with Crippen LogP contribution in [0.3, 0.4) is 0 Å². The zero-order valence-corrected chi connectivity index (χ0v) is 14.1. The number of ether oxygens (including phenoxy) is 1. The molecular weight excluding hydrogens is 341 g/mol. The predicted octanol–water partition coefficient (Wildman–Crippen LogP) is 3.16. The van der Waals surface area contributed by atoms with Gasteiger partial charge in [0.2, 0.25) is 0 Å². The number of pyridine rings is 1. The van der Waals surface area contributed by atoms with Gasteiger partial charge in [0.25, 0.3) is 5.56 Å². The quantitative estimate of drug-likeness (QED) is 0.681. The maximum absolute atomic E-state index is 13.0. The Balaban J connectivity index is 1.62. The molecular formula is C19H16FNO3S. The van der Waals surface area contributed by atoms with Crippen LogP contribution >= 0.6 is 0 Å². The summed E-state index contributed by atoms with van der Waals surface area (Å²) in [7, 11) is -1.14. The highest BCUT2D eigenvalue weighted by atomic mass is 32.2. The third-order valence-electron chi connectivity index (χ3n) is 3.54. The number of benzene rings is 2. The summed E-state index contributed by atoms with van der Waals surface area (Å²) in [6, 6.07) is 17.8. The topological polar surface area (TPSA) is 48.3 Å². The van der Waals surface area contributed by atoms with E-state index in [1.54, 1.807) is 24.4 Å². The minimum Gasteiger partial charge on any atom is -0.492 e. The molecule has 0 aliphatic carbocycles. The molecule has 0 spiro atoms. The molecule has 0 bridgehead atoms. The molecule has 4 nitrogen and oxygen atoms in total. The SMILES string of the molecule is O=c1cc(OCCS(=O)c2ccccc2)ccn1-c1ccc(F)cc1. The van der Waals surface area contributed by atoms with Crippen LogP contribution in [0.2, 0.25) is 0 Å². The Morgan fingerprint density at radius 1 is 1.00 bits per heavy atom. The molecule has 0 saturated heterocycles. The van der Waals surface area contributed by atoms with Crippen LogP contribution < -0.4 is 10.3 Å². The third-order valence-corrected chi connectivity index (χ3v) is 4.87. The lowest BCUT2D eigenvalue weighted by atomic mass is 10.3. The average molecular weight is 357 g/mol. The zero-order chi connectivity index (χ0) is 17.6. The van der Waals surface area contributed by atoms with Crippen molar-refractivity contribution in [2.45, 2.75) is 4.90 Å². The van der Waals surface area contributed by atoms with Crippen molar-refractivity contribution in [3.8, 4) is 11.4 Å². The Morgan fingerprint density at radius 3 is 2.40 bits per heavy atom. The first-order valence-corrected chi connectivity index (χ1v) is 9.00. The summed E-state index contributed by atoms with van der Waals surface area (Å²) in [6.07, 6.45) is 1.57. The molecule has 1 unspecified atom stereocenters. The van der Waals surface area contributed by atoms with Crippen molar-refractivity contribution in [1.82, 2.24) is 4.57 Å². The van der Waals surface area contributed by atoms with Crippen molar-refractivity contribution in [1.29, 1.82) is 0 Å². The summed E-state index contributed by atoms with van der Waals surface area (Å²) < 4.78 is 32.0. The van der Waals surface area contributed by atoms with E-state index in [-0.39, 0.29) is 18.0 Å². The van der Waals surface area contributed by atoms with E-state index in [1.165, 1.54) is 34.9 Å². The van der Waals surface area contributed by atoms with Gasteiger partial charge in [-0.25, -0.2) is 4.39 Å². The van der Waals surface area contributed by atoms with Gasteiger partial charge in [-0.3, -0.25) is 13.6 Å².